The first-order valence-electron chi connectivity index (χ1n) is 8.40. The molecular weight excluding hydrogens is 356 g/mol. The number of halogens is 1. The molecule has 2 heterocycles. The number of hydrogen-bond acceptors (Lipinski definition) is 5. The van der Waals surface area contributed by atoms with E-state index in [1.807, 2.05) is 12.1 Å². The number of carbonyl (C=O) groups is 1. The van der Waals surface area contributed by atoms with E-state index in [4.69, 9.17) is 16.3 Å². The number of carbonyl (C=O) groups excluding carboxylic acids is 1. The van der Waals surface area contributed by atoms with Crippen LogP contribution >= 0.6 is 22.9 Å². The Bertz CT molecular complexity index is 802. The number of esters is 1. The second kappa shape index (κ2) is 7.90. The fraction of sp³-hybridized carbons (Fsp3) is 0.368. The Hall–Kier alpha value is -2.03. The highest BCUT2D eigenvalue weighted by molar-refractivity contribution is 7.18. The Morgan fingerprint density at radius 3 is 2.56 bits per heavy atom. The monoisotopic (exact) mass is 374 g/mol. The van der Waals surface area contributed by atoms with Crippen molar-refractivity contribution in [2.75, 3.05) is 24.6 Å². The Labute approximate surface area is 156 Å². The summed E-state index contributed by atoms with van der Waals surface area (Å²) in [6.45, 7) is 3.91. The van der Waals surface area contributed by atoms with Gasteiger partial charge < -0.3 is 9.64 Å². The lowest BCUT2D eigenvalue weighted by Crippen LogP contribution is -2.29. The first kappa shape index (κ1) is 17.8. The van der Waals surface area contributed by atoms with Gasteiger partial charge in [0.25, 0.3) is 0 Å². The fourth-order valence-corrected chi connectivity index (χ4v) is 4.42. The van der Waals surface area contributed by atoms with Crippen molar-refractivity contribution < 1.29 is 9.53 Å². The normalized spacial score (nSPS) is 14.2. The van der Waals surface area contributed by atoms with E-state index in [0.717, 1.165) is 36.5 Å². The minimum atomic E-state index is -0.378. The molecule has 1 fully saturated rings. The number of thiophene rings is 1. The SMILES string of the molecule is CCOC(=O)c1sc(N2CCCCC2)c(C#N)c1-c1ccc(Cl)cc1. The molecule has 0 atom stereocenters. The van der Waals surface area contributed by atoms with E-state index in [1.54, 1.807) is 19.1 Å². The molecule has 1 saturated heterocycles. The minimum Gasteiger partial charge on any atom is -0.462 e. The summed E-state index contributed by atoms with van der Waals surface area (Å²) in [5.41, 5.74) is 2.02. The number of nitrogens with zero attached hydrogens (tertiary/aromatic N) is 2. The molecule has 1 aromatic carbocycles. The highest BCUT2D eigenvalue weighted by atomic mass is 35.5. The summed E-state index contributed by atoms with van der Waals surface area (Å²) >= 11 is 7.35. The fourth-order valence-electron chi connectivity index (χ4n) is 3.07. The number of hydrogen-bond donors (Lipinski definition) is 0. The Morgan fingerprint density at radius 1 is 1.28 bits per heavy atom. The second-order valence-corrected chi connectivity index (χ2v) is 7.31. The zero-order chi connectivity index (χ0) is 17.8. The summed E-state index contributed by atoms with van der Waals surface area (Å²) < 4.78 is 5.23. The van der Waals surface area contributed by atoms with Crippen LogP contribution in [0.2, 0.25) is 5.02 Å². The van der Waals surface area contributed by atoms with Crippen LogP contribution in [0, 0.1) is 11.3 Å². The number of ether oxygens (including phenoxy) is 1. The van der Waals surface area contributed by atoms with Gasteiger partial charge in [-0.05, 0) is 43.9 Å². The number of benzene rings is 1. The topological polar surface area (TPSA) is 53.3 Å². The van der Waals surface area contributed by atoms with Crippen LogP contribution in [0.3, 0.4) is 0 Å². The van der Waals surface area contributed by atoms with Crippen LogP contribution in [0.5, 0.6) is 0 Å². The third kappa shape index (κ3) is 3.65. The number of anilines is 1. The van der Waals surface area contributed by atoms with Crippen LogP contribution < -0.4 is 4.90 Å². The summed E-state index contributed by atoms with van der Waals surface area (Å²) in [5.74, 6) is -0.378. The first-order chi connectivity index (χ1) is 12.2. The van der Waals surface area contributed by atoms with Gasteiger partial charge in [-0.2, -0.15) is 5.26 Å². The van der Waals surface area contributed by atoms with Gasteiger partial charge in [0, 0.05) is 23.7 Å². The van der Waals surface area contributed by atoms with Crippen molar-refractivity contribution >= 4 is 33.9 Å². The first-order valence-corrected chi connectivity index (χ1v) is 9.60. The van der Waals surface area contributed by atoms with E-state index in [1.165, 1.54) is 17.8 Å². The lowest BCUT2D eigenvalue weighted by molar-refractivity contribution is 0.0533. The highest BCUT2D eigenvalue weighted by Crippen LogP contribution is 2.43. The van der Waals surface area contributed by atoms with Gasteiger partial charge in [0.2, 0.25) is 0 Å². The molecule has 0 radical (unpaired) electrons. The van der Waals surface area contributed by atoms with E-state index in [-0.39, 0.29) is 5.97 Å². The molecule has 1 aliphatic rings. The average molecular weight is 375 g/mol. The summed E-state index contributed by atoms with van der Waals surface area (Å²) in [4.78, 5) is 15.2. The van der Waals surface area contributed by atoms with Crippen LogP contribution in [-0.4, -0.2) is 25.7 Å². The summed E-state index contributed by atoms with van der Waals surface area (Å²) in [7, 11) is 0. The van der Waals surface area contributed by atoms with Gasteiger partial charge in [-0.3, -0.25) is 0 Å². The third-order valence-corrected chi connectivity index (χ3v) is 5.72. The van der Waals surface area contributed by atoms with Gasteiger partial charge in [-0.15, -0.1) is 11.3 Å². The summed E-state index contributed by atoms with van der Waals surface area (Å²) in [6.07, 6.45) is 3.42. The lowest BCUT2D eigenvalue weighted by Gasteiger charge is -2.27. The van der Waals surface area contributed by atoms with Gasteiger partial charge in [0.1, 0.15) is 15.9 Å². The molecule has 25 heavy (non-hydrogen) atoms. The van der Waals surface area contributed by atoms with Crippen molar-refractivity contribution in [2.24, 2.45) is 0 Å². The zero-order valence-electron chi connectivity index (χ0n) is 14.0. The number of piperidine rings is 1. The molecule has 1 aliphatic heterocycles. The predicted molar refractivity (Wildman–Crippen MR) is 102 cm³/mol. The highest BCUT2D eigenvalue weighted by Gasteiger charge is 2.28. The number of rotatable bonds is 4. The van der Waals surface area contributed by atoms with Crippen LogP contribution in [0.4, 0.5) is 5.00 Å². The van der Waals surface area contributed by atoms with Crippen molar-refractivity contribution in [2.45, 2.75) is 26.2 Å². The smallest absolute Gasteiger partial charge is 0.349 e. The number of nitriles is 1. The van der Waals surface area contributed by atoms with Gasteiger partial charge in [-0.25, -0.2) is 4.79 Å². The van der Waals surface area contributed by atoms with Crippen LogP contribution in [0.25, 0.3) is 11.1 Å². The van der Waals surface area contributed by atoms with E-state index in [0.29, 0.717) is 27.6 Å². The molecule has 0 aliphatic carbocycles. The molecule has 0 amide bonds. The Kier molecular flexibility index (Phi) is 5.62. The quantitative estimate of drug-likeness (QED) is 0.698. The van der Waals surface area contributed by atoms with Crippen molar-refractivity contribution in [3.8, 4) is 17.2 Å². The van der Waals surface area contributed by atoms with Crippen molar-refractivity contribution in [3.05, 3.63) is 39.7 Å². The molecule has 130 valence electrons. The Balaban J connectivity index is 2.15. The molecule has 0 unspecified atom stereocenters. The van der Waals surface area contributed by atoms with E-state index in [9.17, 15) is 10.1 Å². The van der Waals surface area contributed by atoms with E-state index in [2.05, 4.69) is 11.0 Å². The van der Waals surface area contributed by atoms with Gasteiger partial charge in [0.05, 0.1) is 12.2 Å². The third-order valence-electron chi connectivity index (χ3n) is 4.24. The van der Waals surface area contributed by atoms with Gasteiger partial charge in [0.15, 0.2) is 0 Å². The predicted octanol–water partition coefficient (Wildman–Crippen LogP) is 5.11. The maximum Gasteiger partial charge on any atom is 0.349 e. The molecular formula is C19H19ClN2O2S. The molecule has 4 nitrogen and oxygen atoms in total. The maximum absolute atomic E-state index is 12.5. The van der Waals surface area contributed by atoms with Crippen molar-refractivity contribution in [1.29, 1.82) is 5.26 Å². The molecule has 1 aromatic heterocycles. The molecule has 6 heteroatoms. The summed E-state index contributed by atoms with van der Waals surface area (Å²) in [5, 5.41) is 11.3. The molecule has 3 rings (SSSR count). The Morgan fingerprint density at radius 2 is 1.96 bits per heavy atom. The minimum absolute atomic E-state index is 0.303. The van der Waals surface area contributed by atoms with Crippen LogP contribution in [-0.2, 0) is 4.74 Å². The van der Waals surface area contributed by atoms with Gasteiger partial charge >= 0.3 is 5.97 Å². The molecule has 0 spiro atoms. The standard InChI is InChI=1S/C19H19ClN2O2S/c1-2-24-19(23)17-16(13-6-8-14(20)9-7-13)15(12-21)18(25-17)22-10-4-3-5-11-22/h6-9H,2-5,10-11H2,1H3. The second-order valence-electron chi connectivity index (χ2n) is 5.87. The molecule has 0 N–H and O–H groups in total. The summed E-state index contributed by atoms with van der Waals surface area (Å²) in [6, 6.07) is 9.54. The van der Waals surface area contributed by atoms with E-state index >= 15 is 0 Å². The van der Waals surface area contributed by atoms with Gasteiger partial charge in [-0.1, -0.05) is 23.7 Å². The van der Waals surface area contributed by atoms with E-state index < -0.39 is 0 Å². The van der Waals surface area contributed by atoms with Crippen LogP contribution in [0.1, 0.15) is 41.4 Å². The average Bonchev–Trinajstić information content (AvgIpc) is 3.03. The van der Waals surface area contributed by atoms with Crippen molar-refractivity contribution in [1.82, 2.24) is 0 Å². The maximum atomic E-state index is 12.5. The largest absolute Gasteiger partial charge is 0.462 e. The molecule has 2 aromatic rings. The van der Waals surface area contributed by atoms with Crippen molar-refractivity contribution in [3.63, 3.8) is 0 Å². The zero-order valence-corrected chi connectivity index (χ0v) is 15.6. The lowest BCUT2D eigenvalue weighted by atomic mass is 10.0. The molecule has 0 saturated carbocycles. The van der Waals surface area contributed by atoms with Crippen LogP contribution in [0.15, 0.2) is 24.3 Å². The molecule has 0 bridgehead atoms.